The van der Waals surface area contributed by atoms with E-state index in [1.807, 2.05) is 0 Å². The fraction of sp³-hybridized carbons (Fsp3) is 0.500. The second kappa shape index (κ2) is 4.42. The SMILES string of the molecule is COC(=O)C[P+]1(c2c(C)cc(C)cc2C)CC1. The molecule has 0 radical (unpaired) electrons. The summed E-state index contributed by atoms with van der Waals surface area (Å²) in [6.45, 7) is 6.47. The van der Waals surface area contributed by atoms with E-state index < -0.39 is 7.26 Å². The van der Waals surface area contributed by atoms with Crippen LogP contribution in [-0.4, -0.2) is 31.6 Å². The molecule has 0 unspecified atom stereocenters. The average molecular weight is 251 g/mol. The van der Waals surface area contributed by atoms with Crippen molar-refractivity contribution in [3.8, 4) is 0 Å². The van der Waals surface area contributed by atoms with Crippen LogP contribution in [0.4, 0.5) is 0 Å². The summed E-state index contributed by atoms with van der Waals surface area (Å²) < 4.78 is 4.84. The molecule has 0 saturated carbocycles. The molecular weight excluding hydrogens is 231 g/mol. The highest BCUT2D eigenvalue weighted by Crippen LogP contribution is 2.71. The van der Waals surface area contributed by atoms with E-state index in [9.17, 15) is 4.79 Å². The summed E-state index contributed by atoms with van der Waals surface area (Å²) in [5, 5.41) is 1.48. The van der Waals surface area contributed by atoms with Crippen molar-refractivity contribution >= 4 is 18.5 Å². The summed E-state index contributed by atoms with van der Waals surface area (Å²) in [7, 11) is 0.296. The van der Waals surface area contributed by atoms with Gasteiger partial charge in [0.2, 0.25) is 0 Å². The van der Waals surface area contributed by atoms with Crippen LogP contribution in [0, 0.1) is 20.8 Å². The Morgan fingerprint density at radius 3 is 2.18 bits per heavy atom. The van der Waals surface area contributed by atoms with Gasteiger partial charge < -0.3 is 4.74 Å². The largest absolute Gasteiger partial charge is 0.466 e. The van der Waals surface area contributed by atoms with Gasteiger partial charge in [-0.25, -0.2) is 4.79 Å². The van der Waals surface area contributed by atoms with E-state index >= 15 is 0 Å². The zero-order chi connectivity index (χ0) is 12.6. The van der Waals surface area contributed by atoms with Gasteiger partial charge in [-0.2, -0.15) is 0 Å². The van der Waals surface area contributed by atoms with E-state index in [1.165, 1.54) is 41.4 Å². The van der Waals surface area contributed by atoms with E-state index in [0.717, 1.165) is 0 Å². The van der Waals surface area contributed by atoms with E-state index in [2.05, 4.69) is 32.9 Å². The summed E-state index contributed by atoms with van der Waals surface area (Å²) in [5.74, 6) is -0.0461. The van der Waals surface area contributed by atoms with Gasteiger partial charge in [-0.15, -0.1) is 0 Å². The van der Waals surface area contributed by atoms with Gasteiger partial charge in [0.15, 0.2) is 6.16 Å². The molecule has 0 bridgehead atoms. The van der Waals surface area contributed by atoms with E-state index in [-0.39, 0.29) is 5.97 Å². The molecule has 2 rings (SSSR count). The van der Waals surface area contributed by atoms with Gasteiger partial charge >= 0.3 is 5.97 Å². The summed E-state index contributed by atoms with van der Waals surface area (Å²) >= 11 is 0. The molecular formula is C14H20O2P+. The Morgan fingerprint density at radius 1 is 1.24 bits per heavy atom. The van der Waals surface area contributed by atoms with Crippen LogP contribution in [0.5, 0.6) is 0 Å². The molecule has 0 N–H and O–H groups in total. The number of methoxy groups -OCH3 is 1. The number of hydrogen-bond donors (Lipinski definition) is 0. The summed E-state index contributed by atoms with van der Waals surface area (Å²) in [5.41, 5.74) is 4.02. The topological polar surface area (TPSA) is 26.3 Å². The highest BCUT2D eigenvalue weighted by atomic mass is 31.2. The Balaban J connectivity index is 2.37. The monoisotopic (exact) mass is 251 g/mol. The molecule has 0 aromatic heterocycles. The molecule has 2 nitrogen and oxygen atoms in total. The molecule has 0 spiro atoms. The van der Waals surface area contributed by atoms with Crippen molar-refractivity contribution in [3.63, 3.8) is 0 Å². The van der Waals surface area contributed by atoms with Crippen molar-refractivity contribution in [2.24, 2.45) is 0 Å². The Morgan fingerprint density at radius 2 is 1.76 bits per heavy atom. The Labute approximate surface area is 104 Å². The second-order valence-corrected chi connectivity index (χ2v) is 9.02. The number of ether oxygens (including phenoxy) is 1. The number of carbonyl (C=O) groups is 1. The van der Waals surface area contributed by atoms with Gasteiger partial charge in [0.25, 0.3) is 0 Å². The van der Waals surface area contributed by atoms with E-state index in [1.54, 1.807) is 0 Å². The molecule has 1 aliphatic rings. The fourth-order valence-electron chi connectivity index (χ4n) is 2.81. The summed E-state index contributed by atoms with van der Waals surface area (Å²) in [6, 6.07) is 4.47. The molecule has 1 saturated heterocycles. The predicted octanol–water partition coefficient (Wildman–Crippen LogP) is 2.44. The first-order chi connectivity index (χ1) is 7.98. The second-order valence-electron chi connectivity index (χ2n) is 5.07. The summed E-state index contributed by atoms with van der Waals surface area (Å²) in [6.07, 6.45) is 3.06. The minimum Gasteiger partial charge on any atom is -0.466 e. The average Bonchev–Trinajstić information content (AvgIpc) is 2.96. The minimum atomic E-state index is -1.19. The summed E-state index contributed by atoms with van der Waals surface area (Å²) in [4.78, 5) is 11.5. The lowest BCUT2D eigenvalue weighted by molar-refractivity contribution is -0.137. The third kappa shape index (κ3) is 2.37. The lowest BCUT2D eigenvalue weighted by Crippen LogP contribution is -2.18. The molecule has 1 aromatic carbocycles. The van der Waals surface area contributed by atoms with E-state index in [0.29, 0.717) is 6.16 Å². The van der Waals surface area contributed by atoms with Gasteiger partial charge in [-0.05, 0) is 31.9 Å². The fourth-order valence-corrected chi connectivity index (χ4v) is 6.95. The first kappa shape index (κ1) is 12.6. The number of aryl methyl sites for hydroxylation is 3. The Bertz CT molecular complexity index is 438. The highest BCUT2D eigenvalue weighted by molar-refractivity contribution is 7.90. The van der Waals surface area contributed by atoms with Gasteiger partial charge in [0, 0.05) is 0 Å². The lowest BCUT2D eigenvalue weighted by Gasteiger charge is -2.14. The van der Waals surface area contributed by atoms with Crippen LogP contribution in [0.2, 0.25) is 0 Å². The molecule has 92 valence electrons. The number of benzene rings is 1. The predicted molar refractivity (Wildman–Crippen MR) is 73.8 cm³/mol. The van der Waals surface area contributed by atoms with Crippen LogP contribution in [0.25, 0.3) is 0 Å². The van der Waals surface area contributed by atoms with Gasteiger partial charge in [0.05, 0.1) is 26.7 Å². The number of hydrogen-bond acceptors (Lipinski definition) is 2. The zero-order valence-corrected chi connectivity index (χ0v) is 11.9. The number of esters is 1. The maximum atomic E-state index is 11.5. The molecule has 0 amide bonds. The molecule has 17 heavy (non-hydrogen) atoms. The van der Waals surface area contributed by atoms with Crippen LogP contribution in [0.15, 0.2) is 12.1 Å². The normalized spacial score (nSPS) is 16.7. The third-order valence-corrected chi connectivity index (χ3v) is 7.58. The van der Waals surface area contributed by atoms with Crippen LogP contribution in [0.1, 0.15) is 16.7 Å². The highest BCUT2D eigenvalue weighted by Gasteiger charge is 2.57. The number of rotatable bonds is 3. The quantitative estimate of drug-likeness (QED) is 0.609. The smallest absolute Gasteiger partial charge is 0.343 e. The molecule has 1 aliphatic heterocycles. The van der Waals surface area contributed by atoms with Crippen LogP contribution >= 0.6 is 7.26 Å². The molecule has 3 heteroatoms. The molecule has 0 aliphatic carbocycles. The van der Waals surface area contributed by atoms with Gasteiger partial charge in [0.1, 0.15) is 5.30 Å². The van der Waals surface area contributed by atoms with Gasteiger partial charge in [-0.3, -0.25) is 0 Å². The molecule has 0 atom stereocenters. The van der Waals surface area contributed by atoms with Crippen LogP contribution in [-0.2, 0) is 9.53 Å². The third-order valence-electron chi connectivity index (χ3n) is 3.53. The standard InChI is InChI=1S/C14H20O2P/c1-10-7-11(2)14(12(3)8-10)17(5-6-17)9-13(15)16-4/h7-8H,5-6,9H2,1-4H3/q+1. The maximum absolute atomic E-state index is 11.5. The Hall–Kier alpha value is -0.880. The van der Waals surface area contributed by atoms with E-state index in [4.69, 9.17) is 4.74 Å². The molecule has 1 fully saturated rings. The van der Waals surface area contributed by atoms with Crippen molar-refractivity contribution in [3.05, 3.63) is 28.8 Å². The first-order valence-corrected chi connectivity index (χ1v) is 8.34. The van der Waals surface area contributed by atoms with Crippen LogP contribution in [0.3, 0.4) is 0 Å². The zero-order valence-electron chi connectivity index (χ0n) is 11.0. The van der Waals surface area contributed by atoms with Crippen molar-refractivity contribution < 1.29 is 9.53 Å². The van der Waals surface area contributed by atoms with Crippen LogP contribution < -0.4 is 5.30 Å². The molecule has 1 aromatic rings. The Kier molecular flexibility index (Phi) is 3.27. The number of carbonyl (C=O) groups excluding carboxylic acids is 1. The van der Waals surface area contributed by atoms with Crippen molar-refractivity contribution in [2.45, 2.75) is 20.8 Å². The lowest BCUT2D eigenvalue weighted by atomic mass is 10.1. The van der Waals surface area contributed by atoms with Gasteiger partial charge in [-0.1, -0.05) is 17.7 Å². The minimum absolute atomic E-state index is 0.0461. The molecule has 1 heterocycles. The van der Waals surface area contributed by atoms with Crippen molar-refractivity contribution in [1.82, 2.24) is 0 Å². The maximum Gasteiger partial charge on any atom is 0.343 e. The van der Waals surface area contributed by atoms with Crippen molar-refractivity contribution in [1.29, 1.82) is 0 Å². The first-order valence-electron chi connectivity index (χ1n) is 6.00. The van der Waals surface area contributed by atoms with Crippen molar-refractivity contribution in [2.75, 3.05) is 25.6 Å².